The standard InChI is InChI=1S/C31H37FN2/c1-7-27(21-30-17-9-10-18-34-30)31(19-24(4)25(5)28(8-2)22-33-6)23(3)13-11-14-26-15-12-16-29(32)20-26/h7-10,12,15-20,22,27H,1,3,11,13-14,21H2,2,4-6H3/b25-24+,28-8+,31-19+,33-22?. The van der Waals surface area contributed by atoms with Crippen LogP contribution in [0.3, 0.4) is 0 Å². The SMILES string of the molecule is C=CC(Cc1ccccn1)/C(=C/C(C)=C(C)/C(C=NC)=C/C)C(=C)CCCc1cccc(F)c1. The molecule has 0 aliphatic rings. The number of aryl methyl sites for hydroxylation is 1. The Balaban J connectivity index is 2.33. The van der Waals surface area contributed by atoms with Crippen molar-refractivity contribution in [3.8, 4) is 0 Å². The molecule has 1 heterocycles. The fraction of sp³-hybridized carbons (Fsp3) is 0.290. The van der Waals surface area contributed by atoms with E-state index in [1.807, 2.05) is 49.7 Å². The normalized spacial score (nSPS) is 14.1. The number of aliphatic imine (C=N–C) groups is 1. The van der Waals surface area contributed by atoms with Crippen molar-refractivity contribution in [1.29, 1.82) is 0 Å². The van der Waals surface area contributed by atoms with Crippen LogP contribution in [0.4, 0.5) is 4.39 Å². The highest BCUT2D eigenvalue weighted by atomic mass is 19.1. The van der Waals surface area contributed by atoms with Crippen LogP contribution < -0.4 is 0 Å². The lowest BCUT2D eigenvalue weighted by Gasteiger charge is -2.20. The van der Waals surface area contributed by atoms with E-state index < -0.39 is 0 Å². The van der Waals surface area contributed by atoms with Crippen LogP contribution in [0.1, 0.15) is 44.9 Å². The lowest BCUT2D eigenvalue weighted by molar-refractivity contribution is 0.624. The molecule has 178 valence electrons. The molecular weight excluding hydrogens is 419 g/mol. The van der Waals surface area contributed by atoms with Gasteiger partial charge in [0, 0.05) is 31.1 Å². The number of benzene rings is 1. The van der Waals surface area contributed by atoms with Crippen molar-refractivity contribution in [3.63, 3.8) is 0 Å². The molecule has 1 unspecified atom stereocenters. The summed E-state index contributed by atoms with van der Waals surface area (Å²) in [5.74, 6) is -0.0983. The van der Waals surface area contributed by atoms with Crippen LogP contribution >= 0.6 is 0 Å². The van der Waals surface area contributed by atoms with Gasteiger partial charge in [0.1, 0.15) is 5.82 Å². The Morgan fingerprint density at radius 3 is 2.59 bits per heavy atom. The van der Waals surface area contributed by atoms with Crippen LogP contribution in [-0.4, -0.2) is 18.2 Å². The van der Waals surface area contributed by atoms with Gasteiger partial charge in [-0.05, 0) is 98.6 Å². The van der Waals surface area contributed by atoms with Crippen molar-refractivity contribution in [1.82, 2.24) is 4.98 Å². The Bertz CT molecular complexity index is 1090. The number of halogens is 1. The van der Waals surface area contributed by atoms with Crippen LogP contribution in [0, 0.1) is 11.7 Å². The zero-order chi connectivity index (χ0) is 24.9. The number of allylic oxidation sites excluding steroid dienone is 8. The molecular formula is C31H37FN2. The molecule has 3 heteroatoms. The third-order valence-corrected chi connectivity index (χ3v) is 6.06. The van der Waals surface area contributed by atoms with Crippen LogP contribution in [0.15, 0.2) is 113 Å². The maximum atomic E-state index is 13.5. The van der Waals surface area contributed by atoms with E-state index in [2.05, 4.69) is 49.1 Å². The molecule has 34 heavy (non-hydrogen) atoms. The molecule has 2 rings (SSSR count). The topological polar surface area (TPSA) is 25.2 Å². The van der Waals surface area contributed by atoms with Crippen molar-refractivity contribution in [3.05, 3.63) is 125 Å². The lowest BCUT2D eigenvalue weighted by Crippen LogP contribution is -2.09. The first-order valence-corrected chi connectivity index (χ1v) is 11.8. The maximum Gasteiger partial charge on any atom is 0.123 e. The Labute approximate surface area is 205 Å². The molecule has 2 aromatic rings. The second-order valence-corrected chi connectivity index (χ2v) is 8.49. The van der Waals surface area contributed by atoms with Gasteiger partial charge in [-0.25, -0.2) is 4.39 Å². The molecule has 1 aromatic carbocycles. The van der Waals surface area contributed by atoms with E-state index in [-0.39, 0.29) is 11.7 Å². The summed E-state index contributed by atoms with van der Waals surface area (Å²) in [5.41, 5.74) is 7.73. The summed E-state index contributed by atoms with van der Waals surface area (Å²) < 4.78 is 13.5. The number of hydrogen-bond acceptors (Lipinski definition) is 2. The molecule has 0 spiro atoms. The predicted octanol–water partition coefficient (Wildman–Crippen LogP) is 8.05. The number of hydrogen-bond donors (Lipinski definition) is 0. The van der Waals surface area contributed by atoms with Gasteiger partial charge in [-0.2, -0.15) is 0 Å². The van der Waals surface area contributed by atoms with Gasteiger partial charge >= 0.3 is 0 Å². The van der Waals surface area contributed by atoms with E-state index >= 15 is 0 Å². The molecule has 0 aliphatic heterocycles. The summed E-state index contributed by atoms with van der Waals surface area (Å²) in [5, 5.41) is 0. The van der Waals surface area contributed by atoms with E-state index in [1.165, 1.54) is 22.8 Å². The van der Waals surface area contributed by atoms with E-state index in [0.29, 0.717) is 0 Å². The highest BCUT2D eigenvalue weighted by Gasteiger charge is 2.16. The zero-order valence-electron chi connectivity index (χ0n) is 21.0. The Kier molecular flexibility index (Phi) is 11.1. The van der Waals surface area contributed by atoms with Crippen LogP contribution in [-0.2, 0) is 12.8 Å². The van der Waals surface area contributed by atoms with Gasteiger partial charge in [0.2, 0.25) is 0 Å². The fourth-order valence-electron chi connectivity index (χ4n) is 3.97. The summed E-state index contributed by atoms with van der Waals surface area (Å²) in [4.78, 5) is 8.71. The van der Waals surface area contributed by atoms with Gasteiger partial charge < -0.3 is 0 Å². The van der Waals surface area contributed by atoms with Gasteiger partial charge in [-0.3, -0.25) is 9.98 Å². The largest absolute Gasteiger partial charge is 0.296 e. The van der Waals surface area contributed by atoms with E-state index in [0.717, 1.165) is 48.1 Å². The monoisotopic (exact) mass is 456 g/mol. The number of pyridine rings is 1. The summed E-state index contributed by atoms with van der Waals surface area (Å²) in [6, 6.07) is 12.8. The molecule has 0 radical (unpaired) electrons. The highest BCUT2D eigenvalue weighted by Crippen LogP contribution is 2.29. The second kappa shape index (κ2) is 14.0. The highest BCUT2D eigenvalue weighted by molar-refractivity contribution is 5.84. The molecule has 2 nitrogen and oxygen atoms in total. The Morgan fingerprint density at radius 1 is 1.18 bits per heavy atom. The van der Waals surface area contributed by atoms with Gasteiger partial charge in [-0.15, -0.1) is 6.58 Å². The van der Waals surface area contributed by atoms with E-state index in [9.17, 15) is 4.39 Å². The van der Waals surface area contributed by atoms with Gasteiger partial charge in [-0.1, -0.05) is 48.6 Å². The minimum Gasteiger partial charge on any atom is -0.296 e. The summed E-state index contributed by atoms with van der Waals surface area (Å²) in [6.45, 7) is 14.9. The van der Waals surface area contributed by atoms with Gasteiger partial charge in [0.15, 0.2) is 0 Å². The minimum absolute atomic E-state index is 0.0909. The molecule has 0 fully saturated rings. The minimum atomic E-state index is -0.189. The fourth-order valence-corrected chi connectivity index (χ4v) is 3.97. The van der Waals surface area contributed by atoms with E-state index in [4.69, 9.17) is 0 Å². The third-order valence-electron chi connectivity index (χ3n) is 6.06. The summed E-state index contributed by atoms with van der Waals surface area (Å²) in [7, 11) is 1.79. The molecule has 0 saturated carbocycles. The first-order chi connectivity index (χ1) is 16.4. The molecule has 0 saturated heterocycles. The van der Waals surface area contributed by atoms with Crippen LogP contribution in [0.25, 0.3) is 0 Å². The second-order valence-electron chi connectivity index (χ2n) is 8.49. The van der Waals surface area contributed by atoms with Crippen LogP contribution in [0.2, 0.25) is 0 Å². The quantitative estimate of drug-likeness (QED) is 0.180. The summed E-state index contributed by atoms with van der Waals surface area (Å²) in [6.07, 6.45) is 13.3. The smallest absolute Gasteiger partial charge is 0.123 e. The average Bonchev–Trinajstić information content (AvgIpc) is 2.84. The average molecular weight is 457 g/mol. The van der Waals surface area contributed by atoms with Gasteiger partial charge in [0.25, 0.3) is 0 Å². The maximum absolute atomic E-state index is 13.5. The zero-order valence-corrected chi connectivity index (χ0v) is 21.0. The molecule has 0 bridgehead atoms. The first kappa shape index (κ1) is 26.9. The number of aromatic nitrogens is 1. The number of rotatable bonds is 12. The molecule has 0 aliphatic carbocycles. The lowest BCUT2D eigenvalue weighted by atomic mass is 9.85. The molecule has 0 N–H and O–H groups in total. The van der Waals surface area contributed by atoms with Crippen molar-refractivity contribution in [2.45, 2.75) is 46.5 Å². The predicted molar refractivity (Wildman–Crippen MR) is 145 cm³/mol. The van der Waals surface area contributed by atoms with E-state index in [1.54, 1.807) is 19.2 Å². The Hall–Kier alpha value is -3.33. The molecule has 0 amide bonds. The van der Waals surface area contributed by atoms with Crippen molar-refractivity contribution >= 4 is 6.21 Å². The van der Waals surface area contributed by atoms with Gasteiger partial charge in [0.05, 0.1) is 0 Å². The van der Waals surface area contributed by atoms with Crippen molar-refractivity contribution < 1.29 is 4.39 Å². The third kappa shape index (κ3) is 8.22. The molecule has 1 atom stereocenters. The van der Waals surface area contributed by atoms with Crippen molar-refractivity contribution in [2.75, 3.05) is 7.05 Å². The Morgan fingerprint density at radius 2 is 1.97 bits per heavy atom. The summed E-state index contributed by atoms with van der Waals surface area (Å²) >= 11 is 0. The first-order valence-electron chi connectivity index (χ1n) is 11.8. The number of nitrogens with zero attached hydrogens (tertiary/aromatic N) is 2. The molecule has 1 aromatic heterocycles. The van der Waals surface area contributed by atoms with Crippen molar-refractivity contribution in [2.24, 2.45) is 10.9 Å². The van der Waals surface area contributed by atoms with Crippen LogP contribution in [0.5, 0.6) is 0 Å².